The first-order valence-electron chi connectivity index (χ1n) is 5.37. The molecule has 0 fully saturated rings. The Balaban J connectivity index is 2.25. The highest BCUT2D eigenvalue weighted by molar-refractivity contribution is 9.10. The van der Waals surface area contributed by atoms with Crippen LogP contribution in [-0.4, -0.2) is 21.7 Å². The summed E-state index contributed by atoms with van der Waals surface area (Å²) in [6, 6.07) is 0. The molecule has 0 aromatic carbocycles. The summed E-state index contributed by atoms with van der Waals surface area (Å²) in [4.78, 5) is 19.5. The molecule has 0 spiro atoms. The van der Waals surface area contributed by atoms with E-state index in [-0.39, 0.29) is 5.13 Å². The van der Waals surface area contributed by atoms with E-state index in [1.807, 2.05) is 0 Å². The lowest BCUT2D eigenvalue weighted by Crippen LogP contribution is -2.27. The van der Waals surface area contributed by atoms with Crippen LogP contribution in [0.3, 0.4) is 0 Å². The van der Waals surface area contributed by atoms with Gasteiger partial charge in [0.1, 0.15) is 15.7 Å². The van der Waals surface area contributed by atoms with Crippen LogP contribution in [0, 0.1) is 5.82 Å². The van der Waals surface area contributed by atoms with Crippen molar-refractivity contribution in [2.45, 2.75) is 26.4 Å². The molecule has 0 aliphatic carbocycles. The molecule has 2 aromatic heterocycles. The number of aromatic nitrogens is 2. The molecule has 8 heteroatoms. The lowest BCUT2D eigenvalue weighted by Gasteiger charge is -2.18. The number of ether oxygens (including phenoxy) is 1. The smallest absolute Gasteiger partial charge is 0.413 e. The zero-order chi connectivity index (χ0) is 14.2. The van der Waals surface area contributed by atoms with E-state index in [1.54, 1.807) is 20.8 Å². The summed E-state index contributed by atoms with van der Waals surface area (Å²) >= 11 is 4.21. The average molecular weight is 348 g/mol. The quantitative estimate of drug-likeness (QED) is 0.793. The second-order valence-corrected chi connectivity index (χ2v) is 6.47. The number of hydrogen-bond donors (Lipinski definition) is 1. The van der Waals surface area contributed by atoms with Crippen molar-refractivity contribution in [3.05, 3.63) is 16.6 Å². The Labute approximate surface area is 121 Å². The van der Waals surface area contributed by atoms with Crippen molar-refractivity contribution in [3.63, 3.8) is 0 Å². The number of carbonyl (C=O) groups excluding carboxylic acids is 1. The van der Waals surface area contributed by atoms with Gasteiger partial charge in [0.2, 0.25) is 0 Å². The molecule has 0 bridgehead atoms. The third kappa shape index (κ3) is 3.38. The molecule has 0 unspecified atom stereocenters. The first kappa shape index (κ1) is 14.1. The minimum absolute atomic E-state index is 0.261. The number of thiazole rings is 1. The van der Waals surface area contributed by atoms with Crippen LogP contribution in [0.2, 0.25) is 0 Å². The Morgan fingerprint density at radius 2 is 2.21 bits per heavy atom. The maximum atomic E-state index is 13.5. The van der Waals surface area contributed by atoms with Gasteiger partial charge in [0.15, 0.2) is 10.9 Å². The summed E-state index contributed by atoms with van der Waals surface area (Å²) in [6.07, 6.45) is 0.470. The van der Waals surface area contributed by atoms with Gasteiger partial charge in [0.25, 0.3) is 0 Å². The van der Waals surface area contributed by atoms with E-state index < -0.39 is 17.5 Å². The molecule has 0 aliphatic heterocycles. The van der Waals surface area contributed by atoms with Crippen molar-refractivity contribution >= 4 is 48.7 Å². The number of rotatable bonds is 1. The van der Waals surface area contributed by atoms with Gasteiger partial charge in [-0.15, -0.1) is 0 Å². The standard InChI is InChI=1S/C11H11BrFN3O2S/c1-11(2,3)18-10(17)16-9-15-6-7(19-9)5(13)4-14-8(6)12/h4H,1-3H3,(H,15,16,17). The highest BCUT2D eigenvalue weighted by Gasteiger charge is 2.19. The third-order valence-corrected chi connectivity index (χ3v) is 3.50. The summed E-state index contributed by atoms with van der Waals surface area (Å²) in [7, 11) is 0. The molecule has 1 amide bonds. The number of anilines is 1. The van der Waals surface area contributed by atoms with Crippen LogP contribution in [-0.2, 0) is 4.74 Å². The van der Waals surface area contributed by atoms with Gasteiger partial charge in [0.05, 0.1) is 10.9 Å². The van der Waals surface area contributed by atoms with E-state index in [4.69, 9.17) is 4.74 Å². The van der Waals surface area contributed by atoms with E-state index in [2.05, 4.69) is 31.2 Å². The van der Waals surface area contributed by atoms with Crippen molar-refractivity contribution < 1.29 is 13.9 Å². The van der Waals surface area contributed by atoms with Gasteiger partial charge in [-0.3, -0.25) is 5.32 Å². The molecule has 0 saturated carbocycles. The Morgan fingerprint density at radius 1 is 1.53 bits per heavy atom. The van der Waals surface area contributed by atoms with Crippen molar-refractivity contribution in [1.29, 1.82) is 0 Å². The first-order chi connectivity index (χ1) is 8.76. The van der Waals surface area contributed by atoms with E-state index in [0.29, 0.717) is 14.8 Å². The summed E-state index contributed by atoms with van der Waals surface area (Å²) in [6.45, 7) is 5.27. The molecule has 19 heavy (non-hydrogen) atoms. The van der Waals surface area contributed by atoms with Crippen LogP contribution in [0.5, 0.6) is 0 Å². The number of amides is 1. The lowest BCUT2D eigenvalue weighted by molar-refractivity contribution is 0.0636. The number of nitrogens with zero attached hydrogens (tertiary/aromatic N) is 2. The molecular formula is C11H11BrFN3O2S. The molecular weight excluding hydrogens is 337 g/mol. The Kier molecular flexibility index (Phi) is 3.73. The lowest BCUT2D eigenvalue weighted by atomic mass is 10.2. The SMILES string of the molecule is CC(C)(C)OC(=O)Nc1nc2c(Br)ncc(F)c2s1. The molecule has 0 atom stereocenters. The van der Waals surface area contributed by atoms with Gasteiger partial charge in [-0.2, -0.15) is 0 Å². The van der Waals surface area contributed by atoms with Gasteiger partial charge in [-0.25, -0.2) is 19.2 Å². The molecule has 5 nitrogen and oxygen atoms in total. The summed E-state index contributed by atoms with van der Waals surface area (Å²) < 4.78 is 19.4. The van der Waals surface area contributed by atoms with Gasteiger partial charge >= 0.3 is 6.09 Å². The highest BCUT2D eigenvalue weighted by Crippen LogP contribution is 2.31. The van der Waals surface area contributed by atoms with Crippen LogP contribution in [0.25, 0.3) is 10.2 Å². The van der Waals surface area contributed by atoms with E-state index in [9.17, 15) is 9.18 Å². The van der Waals surface area contributed by atoms with E-state index in [0.717, 1.165) is 17.5 Å². The minimum Gasteiger partial charge on any atom is -0.444 e. The summed E-state index contributed by atoms with van der Waals surface area (Å²) in [5.41, 5.74) is -0.232. The minimum atomic E-state index is -0.629. The van der Waals surface area contributed by atoms with E-state index >= 15 is 0 Å². The molecule has 2 rings (SSSR count). The molecule has 2 aromatic rings. The Bertz CT molecular complexity index is 600. The predicted molar refractivity (Wildman–Crippen MR) is 74.9 cm³/mol. The Morgan fingerprint density at radius 3 is 2.79 bits per heavy atom. The fourth-order valence-electron chi connectivity index (χ4n) is 1.30. The normalized spacial score (nSPS) is 11.6. The predicted octanol–water partition coefficient (Wildman–Crippen LogP) is 3.94. The number of fused-ring (bicyclic) bond motifs is 1. The molecule has 102 valence electrons. The van der Waals surface area contributed by atoms with Crippen LogP contribution in [0.15, 0.2) is 10.8 Å². The molecule has 0 radical (unpaired) electrons. The van der Waals surface area contributed by atoms with Crippen molar-refractivity contribution in [2.24, 2.45) is 0 Å². The zero-order valence-electron chi connectivity index (χ0n) is 10.5. The van der Waals surface area contributed by atoms with Crippen LogP contribution >= 0.6 is 27.3 Å². The van der Waals surface area contributed by atoms with Gasteiger partial charge < -0.3 is 4.74 Å². The number of halogens is 2. The van der Waals surface area contributed by atoms with Crippen molar-refractivity contribution in [1.82, 2.24) is 9.97 Å². The first-order valence-corrected chi connectivity index (χ1v) is 6.98. The second kappa shape index (κ2) is 5.01. The summed E-state index contributed by atoms with van der Waals surface area (Å²) in [5.74, 6) is -0.479. The monoisotopic (exact) mass is 347 g/mol. The third-order valence-electron chi connectivity index (χ3n) is 1.94. The van der Waals surface area contributed by atoms with Crippen LogP contribution < -0.4 is 5.32 Å². The fraction of sp³-hybridized carbons (Fsp3) is 0.364. The van der Waals surface area contributed by atoms with Crippen LogP contribution in [0.4, 0.5) is 14.3 Å². The number of pyridine rings is 1. The summed E-state index contributed by atoms with van der Waals surface area (Å²) in [5, 5.41) is 2.73. The van der Waals surface area contributed by atoms with Gasteiger partial charge in [0, 0.05) is 0 Å². The number of hydrogen-bond acceptors (Lipinski definition) is 5. The largest absolute Gasteiger partial charge is 0.444 e. The van der Waals surface area contributed by atoms with E-state index in [1.165, 1.54) is 0 Å². The fourth-order valence-corrected chi connectivity index (χ4v) is 2.67. The highest BCUT2D eigenvalue weighted by atomic mass is 79.9. The average Bonchev–Trinajstić information content (AvgIpc) is 2.65. The maximum Gasteiger partial charge on any atom is 0.413 e. The molecule has 0 aliphatic rings. The zero-order valence-corrected chi connectivity index (χ0v) is 12.9. The maximum absolute atomic E-state index is 13.5. The van der Waals surface area contributed by atoms with Gasteiger partial charge in [-0.1, -0.05) is 11.3 Å². The van der Waals surface area contributed by atoms with Crippen molar-refractivity contribution in [2.75, 3.05) is 5.32 Å². The second-order valence-electron chi connectivity index (χ2n) is 4.72. The van der Waals surface area contributed by atoms with Crippen LogP contribution in [0.1, 0.15) is 20.8 Å². The number of nitrogens with one attached hydrogen (secondary N) is 1. The molecule has 2 heterocycles. The Hall–Kier alpha value is -1.28. The van der Waals surface area contributed by atoms with Gasteiger partial charge in [-0.05, 0) is 36.7 Å². The molecule has 0 saturated heterocycles. The molecule has 1 N–H and O–H groups in total. The number of carbonyl (C=O) groups is 1. The topological polar surface area (TPSA) is 64.1 Å². The van der Waals surface area contributed by atoms with Crippen molar-refractivity contribution in [3.8, 4) is 0 Å².